The molecule has 3 nitrogen and oxygen atoms in total. The van der Waals surface area contributed by atoms with Crippen molar-refractivity contribution in [2.75, 3.05) is 11.6 Å². The van der Waals surface area contributed by atoms with Gasteiger partial charge >= 0.3 is 0 Å². The first-order chi connectivity index (χ1) is 3.97. The van der Waals surface area contributed by atoms with Gasteiger partial charge in [-0.15, -0.1) is 11.6 Å². The van der Waals surface area contributed by atoms with Gasteiger partial charge < -0.3 is 0 Å². The van der Waals surface area contributed by atoms with Crippen molar-refractivity contribution in [2.24, 2.45) is 0 Å². The summed E-state index contributed by atoms with van der Waals surface area (Å²) in [5, 5.41) is 0. The third-order valence-corrected chi connectivity index (χ3v) is 1.09. The summed E-state index contributed by atoms with van der Waals surface area (Å²) in [5.41, 5.74) is 0. The number of hydrogen-bond donors (Lipinski definition) is 1. The van der Waals surface area contributed by atoms with E-state index in [0.29, 0.717) is 0 Å². The predicted octanol–water partition coefficient (Wildman–Crippen LogP) is 1.14. The molecule has 0 amide bonds. The van der Waals surface area contributed by atoms with Crippen LogP contribution in [0, 0.1) is 0 Å². The normalized spacial score (nSPS) is 9.78. The molecular weight excluding hydrogens is 164 g/mol. The first-order valence-electron chi connectivity index (χ1n) is 2.49. The van der Waals surface area contributed by atoms with E-state index in [-0.39, 0.29) is 5.75 Å². The lowest BCUT2D eigenvalue weighted by molar-refractivity contribution is 0.484. The lowest BCUT2D eigenvalue weighted by Gasteiger charge is -1.79. The summed E-state index contributed by atoms with van der Waals surface area (Å²) in [4.78, 5) is 0. The summed E-state index contributed by atoms with van der Waals surface area (Å²) in [7, 11) is -3.66. The van der Waals surface area contributed by atoms with Crippen molar-refractivity contribution in [3.05, 3.63) is 0 Å². The Morgan fingerprint density at radius 3 is 1.56 bits per heavy atom. The number of halogens is 1. The van der Waals surface area contributed by atoms with Gasteiger partial charge in [0.25, 0.3) is 10.1 Å². The van der Waals surface area contributed by atoms with Crippen molar-refractivity contribution in [3.8, 4) is 0 Å². The highest BCUT2D eigenvalue weighted by Gasteiger charge is 1.93. The van der Waals surface area contributed by atoms with Gasteiger partial charge in [0.2, 0.25) is 0 Å². The fourth-order valence-electron chi connectivity index (χ4n) is 0. The molecule has 0 aromatic rings. The van der Waals surface area contributed by atoms with Crippen LogP contribution in [-0.4, -0.2) is 24.6 Å². The average molecular weight is 175 g/mol. The van der Waals surface area contributed by atoms with E-state index in [4.69, 9.17) is 16.2 Å². The molecule has 5 heteroatoms. The quantitative estimate of drug-likeness (QED) is 0.479. The van der Waals surface area contributed by atoms with Crippen LogP contribution < -0.4 is 0 Å². The molecular formula is C4H11ClO3S. The molecule has 0 aliphatic heterocycles. The standard InChI is InChI=1S/C2H5Cl.C2H6O3S/c1-2-3;1-2-6(3,4)5/h2H2,1H3;2H2,1H3,(H,3,4,5). The molecule has 0 saturated carbocycles. The zero-order valence-electron chi connectivity index (χ0n) is 5.46. The summed E-state index contributed by atoms with van der Waals surface area (Å²) >= 11 is 5.00. The molecule has 0 fully saturated rings. The molecule has 0 heterocycles. The van der Waals surface area contributed by atoms with Crippen molar-refractivity contribution < 1.29 is 13.0 Å². The Labute approximate surface area is 60.8 Å². The second-order valence-electron chi connectivity index (χ2n) is 1.14. The highest BCUT2D eigenvalue weighted by atomic mass is 35.5. The first-order valence-corrected chi connectivity index (χ1v) is 4.63. The number of alkyl halides is 1. The van der Waals surface area contributed by atoms with Gasteiger partial charge in [0.05, 0.1) is 5.75 Å². The van der Waals surface area contributed by atoms with Crippen LogP contribution in [0.1, 0.15) is 13.8 Å². The lowest BCUT2D eigenvalue weighted by atomic mass is 11.0. The van der Waals surface area contributed by atoms with Gasteiger partial charge in [-0.25, -0.2) is 0 Å². The van der Waals surface area contributed by atoms with E-state index in [0.717, 1.165) is 5.88 Å². The molecule has 0 saturated heterocycles. The minimum atomic E-state index is -3.66. The van der Waals surface area contributed by atoms with E-state index in [2.05, 4.69) is 0 Å². The van der Waals surface area contributed by atoms with Gasteiger partial charge in [0.15, 0.2) is 0 Å². The Balaban J connectivity index is 0. The predicted molar refractivity (Wildman–Crippen MR) is 38.5 cm³/mol. The van der Waals surface area contributed by atoms with Crippen LogP contribution >= 0.6 is 11.6 Å². The summed E-state index contributed by atoms with van der Waals surface area (Å²) in [6, 6.07) is 0. The molecule has 0 aliphatic rings. The van der Waals surface area contributed by atoms with E-state index >= 15 is 0 Å². The van der Waals surface area contributed by atoms with Crippen LogP contribution in [0.15, 0.2) is 0 Å². The molecule has 0 bridgehead atoms. The van der Waals surface area contributed by atoms with Gasteiger partial charge in [-0.2, -0.15) is 8.42 Å². The van der Waals surface area contributed by atoms with E-state index in [9.17, 15) is 8.42 Å². The van der Waals surface area contributed by atoms with Crippen molar-refractivity contribution >= 4 is 21.7 Å². The molecule has 0 rings (SSSR count). The Morgan fingerprint density at radius 2 is 1.56 bits per heavy atom. The molecule has 0 aliphatic carbocycles. The smallest absolute Gasteiger partial charge is 0.264 e. The largest absolute Gasteiger partial charge is 0.286 e. The summed E-state index contributed by atoms with van der Waals surface area (Å²) in [6.45, 7) is 3.26. The third kappa shape index (κ3) is 30.8. The highest BCUT2D eigenvalue weighted by Crippen LogP contribution is 1.74. The van der Waals surface area contributed by atoms with Gasteiger partial charge in [0, 0.05) is 5.88 Å². The molecule has 0 unspecified atom stereocenters. The average Bonchev–Trinajstić information content (AvgIpc) is 1.67. The Bertz CT molecular complexity index is 129. The van der Waals surface area contributed by atoms with E-state index in [1.807, 2.05) is 6.92 Å². The van der Waals surface area contributed by atoms with Gasteiger partial charge in [0.1, 0.15) is 0 Å². The Hall–Kier alpha value is 0.200. The van der Waals surface area contributed by atoms with Gasteiger partial charge in [-0.3, -0.25) is 4.55 Å². The molecule has 0 radical (unpaired) electrons. The maximum absolute atomic E-state index is 9.56. The third-order valence-electron chi connectivity index (χ3n) is 0.365. The maximum atomic E-state index is 9.56. The number of rotatable bonds is 1. The fourth-order valence-corrected chi connectivity index (χ4v) is 0. The molecule has 0 spiro atoms. The summed E-state index contributed by atoms with van der Waals surface area (Å²) in [5.74, 6) is 0.521. The number of hydrogen-bond acceptors (Lipinski definition) is 2. The van der Waals surface area contributed by atoms with Crippen LogP contribution in [0.25, 0.3) is 0 Å². The maximum Gasteiger partial charge on any atom is 0.264 e. The van der Waals surface area contributed by atoms with Crippen molar-refractivity contribution in [2.45, 2.75) is 13.8 Å². The first kappa shape index (κ1) is 11.9. The molecule has 1 N–H and O–H groups in total. The van der Waals surface area contributed by atoms with Crippen LogP contribution in [0.3, 0.4) is 0 Å². The van der Waals surface area contributed by atoms with Crippen molar-refractivity contribution in [1.82, 2.24) is 0 Å². The van der Waals surface area contributed by atoms with Crippen molar-refractivity contribution in [3.63, 3.8) is 0 Å². The molecule has 0 atom stereocenters. The van der Waals surface area contributed by atoms with Crippen molar-refractivity contribution in [1.29, 1.82) is 0 Å². The van der Waals surface area contributed by atoms with Crippen LogP contribution in [0.4, 0.5) is 0 Å². The monoisotopic (exact) mass is 174 g/mol. The summed E-state index contributed by atoms with van der Waals surface area (Å²) in [6.07, 6.45) is 0. The van der Waals surface area contributed by atoms with Crippen LogP contribution in [0.5, 0.6) is 0 Å². The second-order valence-corrected chi connectivity index (χ2v) is 3.41. The Kier molecular flexibility index (Phi) is 8.38. The van der Waals surface area contributed by atoms with Crippen LogP contribution in [0.2, 0.25) is 0 Å². The SMILES string of the molecule is CCCl.CCS(=O)(=O)O. The fraction of sp³-hybridized carbons (Fsp3) is 1.00. The van der Waals surface area contributed by atoms with E-state index in [1.54, 1.807) is 0 Å². The van der Waals surface area contributed by atoms with Crippen LogP contribution in [-0.2, 0) is 10.1 Å². The zero-order valence-corrected chi connectivity index (χ0v) is 7.04. The van der Waals surface area contributed by atoms with E-state index < -0.39 is 10.1 Å². The molecule has 0 aromatic carbocycles. The molecule has 9 heavy (non-hydrogen) atoms. The minimum Gasteiger partial charge on any atom is -0.286 e. The second kappa shape index (κ2) is 6.32. The topological polar surface area (TPSA) is 54.4 Å². The molecule has 0 aromatic heterocycles. The molecule has 58 valence electrons. The zero-order chi connectivity index (χ0) is 7.91. The van der Waals surface area contributed by atoms with Gasteiger partial charge in [-0.05, 0) is 6.92 Å². The van der Waals surface area contributed by atoms with Gasteiger partial charge in [-0.1, -0.05) is 6.92 Å². The van der Waals surface area contributed by atoms with E-state index in [1.165, 1.54) is 6.92 Å². The minimum absolute atomic E-state index is 0.201. The summed E-state index contributed by atoms with van der Waals surface area (Å²) < 4.78 is 26.9. The lowest BCUT2D eigenvalue weighted by Crippen LogP contribution is -1.97. The Morgan fingerprint density at radius 1 is 1.44 bits per heavy atom. The highest BCUT2D eigenvalue weighted by molar-refractivity contribution is 7.85.